The van der Waals surface area contributed by atoms with Crippen molar-refractivity contribution < 1.29 is 19.1 Å². The highest BCUT2D eigenvalue weighted by molar-refractivity contribution is 7.99. The lowest BCUT2D eigenvalue weighted by atomic mass is 10.2. The minimum absolute atomic E-state index is 0.0595. The maximum absolute atomic E-state index is 12.5. The Morgan fingerprint density at radius 2 is 1.89 bits per heavy atom. The molecule has 0 bridgehead atoms. The van der Waals surface area contributed by atoms with Crippen LogP contribution >= 0.6 is 11.8 Å². The molecule has 2 aromatic carbocycles. The van der Waals surface area contributed by atoms with Crippen molar-refractivity contribution in [3.8, 4) is 0 Å². The third-order valence-electron chi connectivity index (χ3n) is 4.01. The molecule has 1 aliphatic rings. The van der Waals surface area contributed by atoms with Gasteiger partial charge in [-0.1, -0.05) is 12.1 Å². The first-order valence-electron chi connectivity index (χ1n) is 8.67. The zero-order valence-corrected chi connectivity index (χ0v) is 15.8. The van der Waals surface area contributed by atoms with Crippen molar-refractivity contribution in [2.24, 2.45) is 0 Å². The molecule has 7 heteroatoms. The second-order valence-corrected chi connectivity index (χ2v) is 7.03. The minimum Gasteiger partial charge on any atom is -0.462 e. The molecule has 0 aliphatic carbocycles. The van der Waals surface area contributed by atoms with E-state index in [2.05, 4.69) is 5.32 Å². The molecule has 2 aromatic rings. The fraction of sp³-hybridized carbons (Fsp3) is 0.250. The van der Waals surface area contributed by atoms with E-state index >= 15 is 0 Å². The molecule has 0 radical (unpaired) electrons. The van der Waals surface area contributed by atoms with Crippen molar-refractivity contribution in [1.29, 1.82) is 0 Å². The summed E-state index contributed by atoms with van der Waals surface area (Å²) in [6.07, 6.45) is 0.390. The second kappa shape index (κ2) is 8.73. The predicted octanol–water partition coefficient (Wildman–Crippen LogP) is 3.33. The van der Waals surface area contributed by atoms with E-state index in [1.807, 2.05) is 24.3 Å². The Morgan fingerprint density at radius 3 is 2.63 bits per heavy atom. The Morgan fingerprint density at radius 1 is 1.15 bits per heavy atom. The number of fused-ring (bicyclic) bond motifs is 1. The number of amides is 2. The normalized spacial score (nSPS) is 13.5. The Bertz CT molecular complexity index is 851. The average molecular weight is 384 g/mol. The van der Waals surface area contributed by atoms with Gasteiger partial charge in [0.05, 0.1) is 17.9 Å². The van der Waals surface area contributed by atoms with E-state index in [9.17, 15) is 14.4 Å². The summed E-state index contributed by atoms with van der Waals surface area (Å²) in [4.78, 5) is 39.1. The topological polar surface area (TPSA) is 75.7 Å². The lowest BCUT2D eigenvalue weighted by Crippen LogP contribution is -2.37. The zero-order chi connectivity index (χ0) is 19.2. The highest BCUT2D eigenvalue weighted by atomic mass is 32.2. The van der Waals surface area contributed by atoms with Crippen LogP contribution in [0.3, 0.4) is 0 Å². The van der Waals surface area contributed by atoms with E-state index in [0.29, 0.717) is 30.0 Å². The maximum Gasteiger partial charge on any atom is 0.338 e. The van der Waals surface area contributed by atoms with Crippen LogP contribution < -0.4 is 10.2 Å². The third-order valence-corrected chi connectivity index (χ3v) is 5.08. The molecule has 0 spiro atoms. The highest BCUT2D eigenvalue weighted by Gasteiger charge is 2.24. The molecule has 1 N–H and O–H groups in total. The molecule has 0 atom stereocenters. The van der Waals surface area contributed by atoms with E-state index < -0.39 is 5.97 Å². The van der Waals surface area contributed by atoms with Gasteiger partial charge in [-0.2, -0.15) is 0 Å². The zero-order valence-electron chi connectivity index (χ0n) is 14.9. The number of ether oxygens (including phenoxy) is 1. The monoisotopic (exact) mass is 384 g/mol. The van der Waals surface area contributed by atoms with Gasteiger partial charge in [-0.05, 0) is 43.3 Å². The van der Waals surface area contributed by atoms with Gasteiger partial charge >= 0.3 is 5.97 Å². The minimum atomic E-state index is -0.403. The number of anilines is 2. The quantitative estimate of drug-likeness (QED) is 0.801. The summed E-state index contributed by atoms with van der Waals surface area (Å²) in [6.45, 7) is 1.99. The van der Waals surface area contributed by atoms with Gasteiger partial charge in [0.25, 0.3) is 0 Å². The van der Waals surface area contributed by atoms with Gasteiger partial charge in [-0.3, -0.25) is 9.59 Å². The molecule has 0 fully saturated rings. The molecule has 6 nitrogen and oxygen atoms in total. The van der Waals surface area contributed by atoms with Gasteiger partial charge in [-0.25, -0.2) is 4.79 Å². The first kappa shape index (κ1) is 19.0. The van der Waals surface area contributed by atoms with Crippen molar-refractivity contribution in [3.63, 3.8) is 0 Å². The van der Waals surface area contributed by atoms with Gasteiger partial charge in [-0.15, -0.1) is 11.8 Å². The van der Waals surface area contributed by atoms with Crippen LogP contribution in [0.2, 0.25) is 0 Å². The van der Waals surface area contributed by atoms with Crippen LogP contribution in [0.5, 0.6) is 0 Å². The molecule has 1 aliphatic heterocycles. The van der Waals surface area contributed by atoms with Gasteiger partial charge in [0.15, 0.2) is 0 Å². The van der Waals surface area contributed by atoms with E-state index in [1.165, 1.54) is 4.90 Å². The number of esters is 1. The highest BCUT2D eigenvalue weighted by Crippen LogP contribution is 2.33. The molecule has 3 rings (SSSR count). The Balaban J connectivity index is 1.68. The summed E-state index contributed by atoms with van der Waals surface area (Å²) >= 11 is 1.62. The molecular weight excluding hydrogens is 364 g/mol. The van der Waals surface area contributed by atoms with Crippen LogP contribution in [-0.2, 0) is 14.3 Å². The van der Waals surface area contributed by atoms with Crippen molar-refractivity contribution in [3.05, 3.63) is 54.1 Å². The SMILES string of the molecule is CCOC(=O)c1ccc(NC(=O)CN2C(=O)CCSc3ccccc32)cc1. The second-order valence-electron chi connectivity index (χ2n) is 5.89. The molecule has 0 aromatic heterocycles. The molecule has 0 unspecified atom stereocenters. The lowest BCUT2D eigenvalue weighted by Gasteiger charge is -2.22. The predicted molar refractivity (Wildman–Crippen MR) is 105 cm³/mol. The summed E-state index contributed by atoms with van der Waals surface area (Å²) in [5, 5.41) is 2.77. The summed E-state index contributed by atoms with van der Waals surface area (Å²) < 4.78 is 4.93. The van der Waals surface area contributed by atoms with Gasteiger partial charge in [0.2, 0.25) is 11.8 Å². The largest absolute Gasteiger partial charge is 0.462 e. The van der Waals surface area contributed by atoms with Crippen LogP contribution in [0.15, 0.2) is 53.4 Å². The number of thioether (sulfide) groups is 1. The summed E-state index contributed by atoms with van der Waals surface area (Å²) in [6, 6.07) is 14.1. The number of hydrogen-bond acceptors (Lipinski definition) is 5. The first-order chi connectivity index (χ1) is 13.1. The molecule has 0 saturated carbocycles. The molecule has 27 heavy (non-hydrogen) atoms. The number of hydrogen-bond donors (Lipinski definition) is 1. The number of nitrogens with zero attached hydrogens (tertiary/aromatic N) is 1. The van der Waals surface area contributed by atoms with Gasteiger partial charge in [0, 0.05) is 22.8 Å². The van der Waals surface area contributed by atoms with Crippen molar-refractivity contribution in [1.82, 2.24) is 0 Å². The summed E-state index contributed by atoms with van der Waals surface area (Å²) in [7, 11) is 0. The number of para-hydroxylation sites is 1. The Labute approximate surface area is 161 Å². The van der Waals surface area contributed by atoms with E-state index in [0.717, 1.165) is 10.6 Å². The number of rotatable bonds is 5. The number of nitrogens with one attached hydrogen (secondary N) is 1. The number of carbonyl (C=O) groups is 3. The van der Waals surface area contributed by atoms with Crippen LogP contribution in [0, 0.1) is 0 Å². The van der Waals surface area contributed by atoms with E-state index in [4.69, 9.17) is 4.74 Å². The smallest absolute Gasteiger partial charge is 0.338 e. The van der Waals surface area contributed by atoms with Crippen LogP contribution in [-0.4, -0.2) is 36.7 Å². The van der Waals surface area contributed by atoms with E-state index in [-0.39, 0.29) is 18.4 Å². The maximum atomic E-state index is 12.5. The first-order valence-corrected chi connectivity index (χ1v) is 9.66. The van der Waals surface area contributed by atoms with Gasteiger partial charge < -0.3 is 15.0 Å². The molecular formula is C20H20N2O4S. The molecule has 140 valence electrons. The Kier molecular flexibility index (Phi) is 6.13. The van der Waals surface area contributed by atoms with Crippen LogP contribution in [0.4, 0.5) is 11.4 Å². The Hall–Kier alpha value is -2.80. The lowest BCUT2D eigenvalue weighted by molar-refractivity contribution is -0.121. The van der Waals surface area contributed by atoms with Crippen LogP contribution in [0.25, 0.3) is 0 Å². The van der Waals surface area contributed by atoms with Crippen molar-refractivity contribution >= 4 is 40.9 Å². The fourth-order valence-electron chi connectivity index (χ4n) is 2.74. The third kappa shape index (κ3) is 4.68. The molecule has 0 saturated heterocycles. The molecule has 1 heterocycles. The van der Waals surface area contributed by atoms with Crippen molar-refractivity contribution in [2.45, 2.75) is 18.2 Å². The molecule has 2 amide bonds. The summed E-state index contributed by atoms with van der Waals surface area (Å²) in [5.41, 5.74) is 1.74. The van der Waals surface area contributed by atoms with Crippen LogP contribution in [0.1, 0.15) is 23.7 Å². The average Bonchev–Trinajstić information content (AvgIpc) is 2.82. The number of carbonyl (C=O) groups excluding carboxylic acids is 3. The standard InChI is InChI=1S/C20H20N2O4S/c1-2-26-20(25)14-7-9-15(10-8-14)21-18(23)13-22-16-5-3-4-6-17(16)27-12-11-19(22)24/h3-10H,2,11-13H2,1H3,(H,21,23). The van der Waals surface area contributed by atoms with Crippen molar-refractivity contribution in [2.75, 3.05) is 29.1 Å². The summed E-state index contributed by atoms with van der Waals surface area (Å²) in [5.74, 6) is -0.0719. The number of benzene rings is 2. The van der Waals surface area contributed by atoms with Gasteiger partial charge in [0.1, 0.15) is 6.54 Å². The van der Waals surface area contributed by atoms with E-state index in [1.54, 1.807) is 43.0 Å². The fourth-order valence-corrected chi connectivity index (χ4v) is 3.74.